The summed E-state index contributed by atoms with van der Waals surface area (Å²) in [5, 5.41) is 0. The van der Waals surface area contributed by atoms with Crippen LogP contribution in [0.2, 0.25) is 0 Å². The van der Waals surface area contributed by atoms with Crippen LogP contribution in [0.15, 0.2) is 30.3 Å². The van der Waals surface area contributed by atoms with Crippen LogP contribution in [0.5, 0.6) is 0 Å². The number of hydrogen-bond acceptors (Lipinski definition) is 1. The van der Waals surface area contributed by atoms with Crippen molar-refractivity contribution < 1.29 is 0 Å². The third kappa shape index (κ3) is 16.2. The molecule has 0 aliphatic carbocycles. The average Bonchev–Trinajstić information content (AvgIpc) is 2.68. The lowest BCUT2D eigenvalue weighted by molar-refractivity contribution is 0.518. The molecule has 0 radical (unpaired) electrons. The maximum absolute atomic E-state index is 6.26. The number of benzene rings is 1. The minimum Gasteiger partial charge on any atom is -0.324 e. The second kappa shape index (κ2) is 20.2. The van der Waals surface area contributed by atoms with Crippen LogP contribution in [-0.2, 0) is 0 Å². The molecule has 1 aromatic carbocycles. The number of rotatable bonds is 18. The third-order valence-electron chi connectivity index (χ3n) is 5.60. The summed E-state index contributed by atoms with van der Waals surface area (Å²) < 4.78 is 0. The number of halogens is 1. The Morgan fingerprint density at radius 2 is 0.963 bits per heavy atom. The largest absolute Gasteiger partial charge is 0.324 e. The standard InChI is InChI=1S/C25H45N.ClH/c1-2-3-4-5-6-7-8-9-10-11-12-13-14-15-16-20-23-25(26)24-21-18-17-19-22-24;/h17-19,21-22,25H,2-16,20,23,26H2,1H3;1H. The normalized spacial score (nSPS) is 11.9. The van der Waals surface area contributed by atoms with E-state index in [9.17, 15) is 0 Å². The average molecular weight is 396 g/mol. The molecule has 1 unspecified atom stereocenters. The molecule has 2 heteroatoms. The van der Waals surface area contributed by atoms with E-state index >= 15 is 0 Å². The van der Waals surface area contributed by atoms with Gasteiger partial charge in [0, 0.05) is 6.04 Å². The first-order valence-electron chi connectivity index (χ1n) is 11.6. The van der Waals surface area contributed by atoms with Gasteiger partial charge in [-0.3, -0.25) is 0 Å². The first-order valence-corrected chi connectivity index (χ1v) is 11.6. The fraction of sp³-hybridized carbons (Fsp3) is 0.760. The Morgan fingerprint density at radius 3 is 1.37 bits per heavy atom. The molecule has 0 fully saturated rings. The Balaban J connectivity index is 0.00000676. The maximum atomic E-state index is 6.26. The van der Waals surface area contributed by atoms with Crippen molar-refractivity contribution in [1.29, 1.82) is 0 Å². The minimum atomic E-state index is 0. The van der Waals surface area contributed by atoms with E-state index < -0.39 is 0 Å². The van der Waals surface area contributed by atoms with Crippen LogP contribution in [0.4, 0.5) is 0 Å². The van der Waals surface area contributed by atoms with E-state index in [4.69, 9.17) is 5.73 Å². The molecule has 2 N–H and O–H groups in total. The summed E-state index contributed by atoms with van der Waals surface area (Å²) >= 11 is 0. The topological polar surface area (TPSA) is 26.0 Å². The van der Waals surface area contributed by atoms with Gasteiger partial charge in [0.2, 0.25) is 0 Å². The Bertz CT molecular complexity index is 393. The van der Waals surface area contributed by atoms with Crippen LogP contribution in [0.1, 0.15) is 128 Å². The predicted molar refractivity (Wildman–Crippen MR) is 125 cm³/mol. The molecule has 1 aromatic rings. The molecule has 0 aliphatic heterocycles. The molecule has 1 atom stereocenters. The van der Waals surface area contributed by atoms with Gasteiger partial charge in [-0.2, -0.15) is 0 Å². The lowest BCUT2D eigenvalue weighted by Crippen LogP contribution is -2.09. The summed E-state index contributed by atoms with van der Waals surface area (Å²) in [5.41, 5.74) is 7.54. The zero-order valence-corrected chi connectivity index (χ0v) is 18.8. The van der Waals surface area contributed by atoms with Crippen molar-refractivity contribution >= 4 is 12.4 Å². The fourth-order valence-electron chi connectivity index (χ4n) is 3.78. The van der Waals surface area contributed by atoms with E-state index in [2.05, 4.69) is 37.3 Å². The molecule has 1 nitrogen and oxygen atoms in total. The third-order valence-corrected chi connectivity index (χ3v) is 5.60. The number of unbranched alkanes of at least 4 members (excludes halogenated alkanes) is 15. The summed E-state index contributed by atoms with van der Waals surface area (Å²) in [7, 11) is 0. The highest BCUT2D eigenvalue weighted by Crippen LogP contribution is 2.18. The molecular weight excluding hydrogens is 350 g/mol. The number of hydrogen-bond donors (Lipinski definition) is 1. The van der Waals surface area contributed by atoms with Crippen LogP contribution in [0, 0.1) is 0 Å². The second-order valence-corrected chi connectivity index (χ2v) is 8.11. The molecule has 0 aromatic heterocycles. The minimum absolute atomic E-state index is 0. The van der Waals surface area contributed by atoms with Crippen LogP contribution in [0.3, 0.4) is 0 Å². The van der Waals surface area contributed by atoms with E-state index in [1.807, 2.05) is 0 Å². The summed E-state index contributed by atoms with van der Waals surface area (Å²) in [5.74, 6) is 0. The zero-order valence-electron chi connectivity index (χ0n) is 18.0. The Morgan fingerprint density at radius 1 is 0.593 bits per heavy atom. The molecular formula is C25H46ClN. The molecule has 0 amide bonds. The van der Waals surface area contributed by atoms with Crippen LogP contribution in [0.25, 0.3) is 0 Å². The molecule has 0 heterocycles. The van der Waals surface area contributed by atoms with Gasteiger partial charge in [0.15, 0.2) is 0 Å². The summed E-state index contributed by atoms with van der Waals surface area (Å²) in [6.45, 7) is 2.29. The molecule has 0 saturated carbocycles. The van der Waals surface area contributed by atoms with Gasteiger partial charge < -0.3 is 5.73 Å². The highest BCUT2D eigenvalue weighted by Gasteiger charge is 2.04. The SMILES string of the molecule is CCCCCCCCCCCCCCCCCCC(N)c1ccccc1.Cl. The summed E-state index contributed by atoms with van der Waals surface area (Å²) in [6.07, 6.45) is 23.9. The van der Waals surface area contributed by atoms with Gasteiger partial charge in [0.1, 0.15) is 0 Å². The van der Waals surface area contributed by atoms with Crippen molar-refractivity contribution in [2.24, 2.45) is 5.73 Å². The smallest absolute Gasteiger partial charge is 0.0294 e. The highest BCUT2D eigenvalue weighted by molar-refractivity contribution is 5.85. The van der Waals surface area contributed by atoms with Gasteiger partial charge >= 0.3 is 0 Å². The van der Waals surface area contributed by atoms with Crippen molar-refractivity contribution in [2.45, 2.75) is 122 Å². The van der Waals surface area contributed by atoms with Crippen LogP contribution >= 0.6 is 12.4 Å². The molecule has 0 bridgehead atoms. The highest BCUT2D eigenvalue weighted by atomic mass is 35.5. The molecule has 0 spiro atoms. The Labute approximate surface area is 176 Å². The van der Waals surface area contributed by atoms with E-state index in [1.54, 1.807) is 0 Å². The summed E-state index contributed by atoms with van der Waals surface area (Å²) in [6, 6.07) is 10.8. The lowest BCUT2D eigenvalue weighted by atomic mass is 10.00. The van der Waals surface area contributed by atoms with Gasteiger partial charge in [0.25, 0.3) is 0 Å². The Hall–Kier alpha value is -0.530. The second-order valence-electron chi connectivity index (χ2n) is 8.11. The van der Waals surface area contributed by atoms with Crippen molar-refractivity contribution in [1.82, 2.24) is 0 Å². The monoisotopic (exact) mass is 395 g/mol. The first kappa shape index (κ1) is 26.5. The first-order chi connectivity index (χ1) is 12.8. The van der Waals surface area contributed by atoms with Crippen molar-refractivity contribution in [3.05, 3.63) is 35.9 Å². The summed E-state index contributed by atoms with van der Waals surface area (Å²) in [4.78, 5) is 0. The van der Waals surface area contributed by atoms with E-state index in [1.165, 1.54) is 108 Å². The van der Waals surface area contributed by atoms with Gasteiger partial charge in [-0.1, -0.05) is 140 Å². The molecule has 0 saturated heterocycles. The number of nitrogens with two attached hydrogens (primary N) is 1. The van der Waals surface area contributed by atoms with Gasteiger partial charge in [-0.15, -0.1) is 12.4 Å². The fourth-order valence-corrected chi connectivity index (χ4v) is 3.78. The maximum Gasteiger partial charge on any atom is 0.0294 e. The van der Waals surface area contributed by atoms with Gasteiger partial charge in [0.05, 0.1) is 0 Å². The van der Waals surface area contributed by atoms with E-state index in [0.717, 1.165) is 6.42 Å². The molecule has 158 valence electrons. The molecule has 27 heavy (non-hydrogen) atoms. The van der Waals surface area contributed by atoms with Gasteiger partial charge in [-0.25, -0.2) is 0 Å². The lowest BCUT2D eigenvalue weighted by Gasteiger charge is -2.11. The van der Waals surface area contributed by atoms with Crippen molar-refractivity contribution in [3.63, 3.8) is 0 Å². The van der Waals surface area contributed by atoms with Crippen LogP contribution < -0.4 is 5.73 Å². The van der Waals surface area contributed by atoms with E-state index in [-0.39, 0.29) is 18.4 Å². The Kier molecular flexibility index (Phi) is 19.8. The predicted octanol–water partition coefficient (Wildman–Crippen LogP) is 8.76. The van der Waals surface area contributed by atoms with E-state index in [0.29, 0.717) is 0 Å². The van der Waals surface area contributed by atoms with Crippen molar-refractivity contribution in [3.8, 4) is 0 Å². The quantitative estimate of drug-likeness (QED) is 0.247. The van der Waals surface area contributed by atoms with Gasteiger partial charge in [-0.05, 0) is 12.0 Å². The van der Waals surface area contributed by atoms with Crippen LogP contribution in [-0.4, -0.2) is 0 Å². The van der Waals surface area contributed by atoms with Crippen molar-refractivity contribution in [2.75, 3.05) is 0 Å². The molecule has 1 rings (SSSR count). The zero-order chi connectivity index (χ0) is 18.7. The molecule has 0 aliphatic rings.